The Kier molecular flexibility index (Phi) is 5.01. The van der Waals surface area contributed by atoms with Crippen LogP contribution >= 0.6 is 0 Å². The molecule has 5 fully saturated rings. The van der Waals surface area contributed by atoms with E-state index < -0.39 is 23.4 Å². The van der Waals surface area contributed by atoms with Crippen molar-refractivity contribution < 1.29 is 27.5 Å². The molecule has 2 amide bonds. The van der Waals surface area contributed by atoms with Gasteiger partial charge < -0.3 is 20.7 Å². The van der Waals surface area contributed by atoms with Gasteiger partial charge in [0.05, 0.1) is 5.41 Å². The molecule has 174 valence electrons. The summed E-state index contributed by atoms with van der Waals surface area (Å²) in [6.45, 7) is 0.804. The summed E-state index contributed by atoms with van der Waals surface area (Å²) in [4.78, 5) is 30.2. The van der Waals surface area contributed by atoms with Crippen molar-refractivity contribution >= 4 is 17.8 Å². The lowest BCUT2D eigenvalue weighted by Gasteiger charge is -2.58. The highest BCUT2D eigenvalue weighted by Gasteiger charge is 2.59. The first kappa shape index (κ1) is 21.3. The third kappa shape index (κ3) is 3.77. The summed E-state index contributed by atoms with van der Waals surface area (Å²) in [6.07, 6.45) is -0.312. The van der Waals surface area contributed by atoms with Crippen LogP contribution in [0.15, 0.2) is 18.2 Å². The molecular formula is C22H27F3N4O3. The highest BCUT2D eigenvalue weighted by molar-refractivity contribution is 5.81. The van der Waals surface area contributed by atoms with Gasteiger partial charge in [-0.25, -0.2) is 9.78 Å². The van der Waals surface area contributed by atoms with Crippen molar-refractivity contribution in [2.45, 2.75) is 56.8 Å². The molecule has 10 heteroatoms. The van der Waals surface area contributed by atoms with Crippen LogP contribution in [0.1, 0.15) is 44.2 Å². The van der Waals surface area contributed by atoms with Crippen LogP contribution in [0.3, 0.4) is 0 Å². The standard InChI is InChI=1S/C22H27F3N4O3/c23-22(24,25)16-2-1-3-17(28-16)27-15-4-5-29(11-15)20(31)32-18-13-6-12-7-14(18)10-21(8-12,9-13)19(26)30/h1-3,12-15,18H,4-11H2,(H2,26,30)(H,27,28)/t12?,13-,14?,15?,18?,21?/m1/s1. The summed E-state index contributed by atoms with van der Waals surface area (Å²) >= 11 is 0. The normalized spacial score (nSPS) is 35.7. The van der Waals surface area contributed by atoms with Crippen LogP contribution in [0.5, 0.6) is 0 Å². The van der Waals surface area contributed by atoms with Gasteiger partial charge in [-0.15, -0.1) is 0 Å². The van der Waals surface area contributed by atoms with E-state index in [2.05, 4.69) is 10.3 Å². The lowest BCUT2D eigenvalue weighted by Crippen LogP contribution is -2.59. The van der Waals surface area contributed by atoms with E-state index in [4.69, 9.17) is 10.5 Å². The second kappa shape index (κ2) is 7.52. The minimum Gasteiger partial charge on any atom is -0.446 e. The van der Waals surface area contributed by atoms with Gasteiger partial charge in [0.15, 0.2) is 0 Å². The number of nitrogens with one attached hydrogen (secondary N) is 1. The number of hydrogen-bond donors (Lipinski definition) is 2. The minimum absolute atomic E-state index is 0.137. The first-order valence-electron chi connectivity index (χ1n) is 11.2. The number of primary amides is 1. The predicted octanol–water partition coefficient (Wildman–Crippen LogP) is 3.40. The molecule has 2 heterocycles. The Bertz CT molecular complexity index is 908. The fraction of sp³-hybridized carbons (Fsp3) is 0.682. The Hall–Kier alpha value is -2.52. The van der Waals surface area contributed by atoms with E-state index in [0.29, 0.717) is 38.3 Å². The molecule has 3 N–H and O–H groups in total. The van der Waals surface area contributed by atoms with Crippen molar-refractivity contribution in [1.29, 1.82) is 0 Å². The molecule has 1 aromatic rings. The highest BCUT2D eigenvalue weighted by atomic mass is 19.4. The number of ether oxygens (including phenoxy) is 1. The average molecular weight is 452 g/mol. The lowest BCUT2D eigenvalue weighted by atomic mass is 9.48. The van der Waals surface area contributed by atoms with Crippen molar-refractivity contribution in [2.75, 3.05) is 18.4 Å². The van der Waals surface area contributed by atoms with Gasteiger partial charge in [-0.05, 0) is 68.4 Å². The van der Waals surface area contributed by atoms with E-state index in [1.54, 1.807) is 4.90 Å². The molecular weight excluding hydrogens is 425 g/mol. The third-order valence-corrected chi connectivity index (χ3v) is 7.78. The summed E-state index contributed by atoms with van der Waals surface area (Å²) < 4.78 is 44.6. The molecule has 5 unspecified atom stereocenters. The van der Waals surface area contributed by atoms with Crippen LogP contribution in [-0.4, -0.2) is 47.1 Å². The topological polar surface area (TPSA) is 97.6 Å². The molecule has 1 aliphatic heterocycles. The second-order valence-electron chi connectivity index (χ2n) is 9.94. The van der Waals surface area contributed by atoms with Crippen molar-refractivity contribution in [3.63, 3.8) is 0 Å². The Morgan fingerprint density at radius 2 is 1.91 bits per heavy atom. The first-order valence-corrected chi connectivity index (χ1v) is 11.2. The molecule has 7 nitrogen and oxygen atoms in total. The van der Waals surface area contributed by atoms with E-state index in [0.717, 1.165) is 25.3 Å². The van der Waals surface area contributed by atoms with Crippen molar-refractivity contribution in [3.8, 4) is 0 Å². The Morgan fingerprint density at radius 3 is 2.56 bits per heavy atom. The minimum atomic E-state index is -4.51. The van der Waals surface area contributed by atoms with Gasteiger partial charge in [-0.2, -0.15) is 13.2 Å². The molecule has 0 aromatic carbocycles. The van der Waals surface area contributed by atoms with Crippen LogP contribution in [0.2, 0.25) is 0 Å². The monoisotopic (exact) mass is 452 g/mol. The number of alkyl halides is 3. The van der Waals surface area contributed by atoms with Gasteiger partial charge in [-0.1, -0.05) is 6.07 Å². The summed E-state index contributed by atoms with van der Waals surface area (Å²) in [7, 11) is 0. The number of amides is 2. The number of carbonyl (C=O) groups excluding carboxylic acids is 2. The maximum atomic E-state index is 12.9. The van der Waals surface area contributed by atoms with Crippen LogP contribution in [-0.2, 0) is 15.7 Å². The van der Waals surface area contributed by atoms with Crippen LogP contribution in [0, 0.1) is 23.2 Å². The van der Waals surface area contributed by atoms with Gasteiger partial charge in [0.1, 0.15) is 17.6 Å². The average Bonchev–Trinajstić information content (AvgIpc) is 3.18. The van der Waals surface area contributed by atoms with Crippen LogP contribution < -0.4 is 11.1 Å². The Labute approximate surface area is 183 Å². The largest absolute Gasteiger partial charge is 0.446 e. The maximum Gasteiger partial charge on any atom is 0.433 e. The smallest absolute Gasteiger partial charge is 0.433 e. The number of likely N-dealkylation sites (tertiary alicyclic amines) is 1. The molecule has 5 aliphatic rings. The van der Waals surface area contributed by atoms with Gasteiger partial charge >= 0.3 is 12.3 Å². The number of aromatic nitrogens is 1. The van der Waals surface area contributed by atoms with E-state index in [-0.39, 0.29) is 35.7 Å². The predicted molar refractivity (Wildman–Crippen MR) is 108 cm³/mol. The number of rotatable bonds is 4. The zero-order valence-electron chi connectivity index (χ0n) is 17.6. The fourth-order valence-corrected chi connectivity index (χ4v) is 6.59. The van der Waals surface area contributed by atoms with Crippen LogP contribution in [0.4, 0.5) is 23.8 Å². The molecule has 1 aromatic heterocycles. The number of nitrogens with zero attached hydrogens (tertiary/aromatic N) is 2. The number of anilines is 1. The van der Waals surface area contributed by atoms with Gasteiger partial charge in [-0.3, -0.25) is 4.79 Å². The molecule has 0 spiro atoms. The molecule has 4 bridgehead atoms. The highest BCUT2D eigenvalue weighted by Crippen LogP contribution is 2.60. The summed E-state index contributed by atoms with van der Waals surface area (Å²) in [5.74, 6) is 0.735. The second-order valence-corrected chi connectivity index (χ2v) is 9.94. The number of carbonyl (C=O) groups is 2. The number of nitrogens with two attached hydrogens (primary N) is 1. The maximum absolute atomic E-state index is 12.9. The molecule has 32 heavy (non-hydrogen) atoms. The van der Waals surface area contributed by atoms with Crippen molar-refractivity contribution in [2.24, 2.45) is 28.9 Å². The quantitative estimate of drug-likeness (QED) is 0.730. The Morgan fingerprint density at radius 1 is 1.19 bits per heavy atom. The molecule has 6 rings (SSSR count). The number of hydrogen-bond acceptors (Lipinski definition) is 5. The first-order chi connectivity index (χ1) is 15.1. The van der Waals surface area contributed by atoms with Gasteiger partial charge in [0.25, 0.3) is 0 Å². The van der Waals surface area contributed by atoms with E-state index >= 15 is 0 Å². The number of pyridine rings is 1. The van der Waals surface area contributed by atoms with Crippen molar-refractivity contribution in [1.82, 2.24) is 9.88 Å². The summed E-state index contributed by atoms with van der Waals surface area (Å²) in [5, 5.41) is 3.00. The van der Waals surface area contributed by atoms with Gasteiger partial charge in [0.2, 0.25) is 5.91 Å². The van der Waals surface area contributed by atoms with E-state index in [9.17, 15) is 22.8 Å². The fourth-order valence-electron chi connectivity index (χ4n) is 6.59. The lowest BCUT2D eigenvalue weighted by molar-refractivity contribution is -0.161. The van der Waals surface area contributed by atoms with Crippen LogP contribution in [0.25, 0.3) is 0 Å². The zero-order chi connectivity index (χ0) is 22.7. The SMILES string of the molecule is NC(=O)C12CC3CC(C1)C(OC(=O)N1CCC(Nc4cccc(C(F)(F)F)n4)C1)[C@H](C3)C2. The molecule has 0 radical (unpaired) electrons. The molecule has 1 saturated heterocycles. The molecule has 6 atom stereocenters. The third-order valence-electron chi connectivity index (χ3n) is 7.78. The summed E-state index contributed by atoms with van der Waals surface area (Å²) in [6, 6.07) is 3.52. The van der Waals surface area contributed by atoms with Gasteiger partial charge in [0, 0.05) is 19.1 Å². The number of halogens is 3. The zero-order valence-corrected chi connectivity index (χ0v) is 17.6. The van der Waals surface area contributed by atoms with E-state index in [1.165, 1.54) is 12.1 Å². The molecule has 4 saturated carbocycles. The Balaban J connectivity index is 1.18. The summed E-state index contributed by atoms with van der Waals surface area (Å²) in [5.41, 5.74) is 4.34. The van der Waals surface area contributed by atoms with E-state index in [1.807, 2.05) is 0 Å². The molecule has 4 aliphatic carbocycles. The van der Waals surface area contributed by atoms with Crippen molar-refractivity contribution in [3.05, 3.63) is 23.9 Å².